The number of nitrogens with one attached hydrogen (secondary N) is 3. The molecular formula is C19H31N3O2. The van der Waals surface area contributed by atoms with E-state index in [-0.39, 0.29) is 24.4 Å². The minimum absolute atomic E-state index is 0.00658. The lowest BCUT2D eigenvalue weighted by Crippen LogP contribution is -2.41. The summed E-state index contributed by atoms with van der Waals surface area (Å²) in [5, 5.41) is 8.44. The van der Waals surface area contributed by atoms with E-state index in [0.29, 0.717) is 37.3 Å². The predicted octanol–water partition coefficient (Wildman–Crippen LogP) is 2.30. The van der Waals surface area contributed by atoms with E-state index in [2.05, 4.69) is 48.7 Å². The van der Waals surface area contributed by atoms with Crippen LogP contribution in [0, 0.1) is 36.0 Å². The topological polar surface area (TPSA) is 70.2 Å². The van der Waals surface area contributed by atoms with Gasteiger partial charge in [-0.15, -0.1) is 6.42 Å². The molecule has 5 nitrogen and oxygen atoms in total. The molecule has 0 aromatic rings. The van der Waals surface area contributed by atoms with E-state index in [1.54, 1.807) is 0 Å². The lowest BCUT2D eigenvalue weighted by Gasteiger charge is -2.37. The van der Waals surface area contributed by atoms with Gasteiger partial charge in [-0.3, -0.25) is 4.79 Å². The summed E-state index contributed by atoms with van der Waals surface area (Å²) in [5.74, 6) is 3.92. The molecule has 0 unspecified atom stereocenters. The summed E-state index contributed by atoms with van der Waals surface area (Å²) in [6.07, 6.45) is 8.86. The van der Waals surface area contributed by atoms with Gasteiger partial charge in [0.2, 0.25) is 5.91 Å². The third-order valence-electron chi connectivity index (χ3n) is 4.74. The van der Waals surface area contributed by atoms with Crippen LogP contribution in [-0.4, -0.2) is 31.6 Å². The molecule has 3 amide bonds. The molecule has 0 fully saturated rings. The lowest BCUT2D eigenvalue weighted by atomic mass is 9.70. The minimum Gasteiger partial charge on any atom is -0.345 e. The Morgan fingerprint density at radius 1 is 1.33 bits per heavy atom. The third-order valence-corrected chi connectivity index (χ3v) is 4.74. The highest BCUT2D eigenvalue weighted by molar-refractivity contribution is 5.76. The number of terminal acetylenes is 1. The summed E-state index contributed by atoms with van der Waals surface area (Å²) in [5.41, 5.74) is 1.23. The number of amides is 3. The van der Waals surface area contributed by atoms with Crippen molar-refractivity contribution >= 4 is 11.9 Å². The maximum Gasteiger partial charge on any atom is 0.314 e. The van der Waals surface area contributed by atoms with E-state index in [4.69, 9.17) is 6.42 Å². The largest absolute Gasteiger partial charge is 0.345 e. The first-order valence-electron chi connectivity index (χ1n) is 8.79. The second-order valence-electron chi connectivity index (χ2n) is 6.84. The van der Waals surface area contributed by atoms with E-state index in [0.717, 1.165) is 6.42 Å². The number of allylic oxidation sites excluding steroid dienone is 1. The van der Waals surface area contributed by atoms with Crippen LogP contribution >= 0.6 is 0 Å². The van der Waals surface area contributed by atoms with E-state index < -0.39 is 0 Å². The molecule has 0 heterocycles. The zero-order valence-electron chi connectivity index (χ0n) is 15.3. The van der Waals surface area contributed by atoms with Gasteiger partial charge in [-0.1, -0.05) is 31.4 Å². The summed E-state index contributed by atoms with van der Waals surface area (Å²) in [6, 6.07) is -0.123. The lowest BCUT2D eigenvalue weighted by molar-refractivity contribution is -0.121. The van der Waals surface area contributed by atoms with Gasteiger partial charge >= 0.3 is 6.03 Å². The number of rotatable bonds is 7. The fourth-order valence-corrected chi connectivity index (χ4v) is 3.39. The van der Waals surface area contributed by atoms with Gasteiger partial charge < -0.3 is 16.0 Å². The summed E-state index contributed by atoms with van der Waals surface area (Å²) >= 11 is 0. The molecule has 5 heteroatoms. The molecule has 1 aliphatic rings. The monoisotopic (exact) mass is 333 g/mol. The molecule has 0 aromatic heterocycles. The zero-order chi connectivity index (χ0) is 18.1. The molecule has 0 radical (unpaired) electrons. The van der Waals surface area contributed by atoms with Crippen LogP contribution in [0.4, 0.5) is 4.79 Å². The van der Waals surface area contributed by atoms with Crippen molar-refractivity contribution in [2.45, 2.75) is 40.5 Å². The average molecular weight is 333 g/mol. The van der Waals surface area contributed by atoms with Gasteiger partial charge in [0, 0.05) is 19.5 Å². The highest BCUT2D eigenvalue weighted by Crippen LogP contribution is 2.38. The average Bonchev–Trinajstić information content (AvgIpc) is 2.53. The maximum absolute atomic E-state index is 12.0. The number of urea groups is 1. The van der Waals surface area contributed by atoms with Crippen molar-refractivity contribution in [3.05, 3.63) is 11.6 Å². The summed E-state index contributed by atoms with van der Waals surface area (Å²) in [7, 11) is 0. The van der Waals surface area contributed by atoms with Crippen LogP contribution < -0.4 is 16.0 Å². The van der Waals surface area contributed by atoms with E-state index in [1.807, 2.05) is 6.92 Å². The standard InChI is InChI=1S/C19H31N3O2/c1-6-8-21-18(23)11-15-10-17(13(3)4)16(9-14(15)5)12-22-19(24)20-7-2/h1,9,13,15-17H,7-8,10-12H2,2-5H3,(H,21,23)(H2,20,22,24)/t15-,16-,17-/m0/s1. The van der Waals surface area contributed by atoms with Crippen LogP contribution in [0.3, 0.4) is 0 Å². The van der Waals surface area contributed by atoms with Gasteiger partial charge in [0.05, 0.1) is 6.54 Å². The van der Waals surface area contributed by atoms with E-state index >= 15 is 0 Å². The van der Waals surface area contributed by atoms with Gasteiger partial charge in [0.25, 0.3) is 0 Å². The van der Waals surface area contributed by atoms with Crippen molar-refractivity contribution in [1.82, 2.24) is 16.0 Å². The Bertz CT molecular complexity index is 505. The van der Waals surface area contributed by atoms with Crippen molar-refractivity contribution in [3.8, 4) is 12.3 Å². The Hall–Kier alpha value is -1.96. The molecule has 3 atom stereocenters. The van der Waals surface area contributed by atoms with Crippen molar-refractivity contribution in [2.75, 3.05) is 19.6 Å². The molecule has 134 valence electrons. The van der Waals surface area contributed by atoms with Crippen LogP contribution in [0.5, 0.6) is 0 Å². The normalized spacial score (nSPS) is 23.2. The number of carbonyl (C=O) groups excluding carboxylic acids is 2. The van der Waals surface area contributed by atoms with Crippen LogP contribution in [0.25, 0.3) is 0 Å². The number of hydrogen-bond donors (Lipinski definition) is 3. The van der Waals surface area contributed by atoms with E-state index in [9.17, 15) is 9.59 Å². The summed E-state index contributed by atoms with van der Waals surface area (Å²) in [4.78, 5) is 23.6. The van der Waals surface area contributed by atoms with Crippen LogP contribution in [0.2, 0.25) is 0 Å². The second kappa shape index (κ2) is 10.0. The van der Waals surface area contributed by atoms with Gasteiger partial charge in [0.15, 0.2) is 0 Å². The smallest absolute Gasteiger partial charge is 0.314 e. The minimum atomic E-state index is -0.123. The predicted molar refractivity (Wildman–Crippen MR) is 97.2 cm³/mol. The first-order chi connectivity index (χ1) is 11.4. The highest BCUT2D eigenvalue weighted by Gasteiger charge is 2.32. The first kappa shape index (κ1) is 20.1. The Morgan fingerprint density at radius 3 is 2.62 bits per heavy atom. The van der Waals surface area contributed by atoms with Gasteiger partial charge in [-0.2, -0.15) is 0 Å². The molecule has 1 aliphatic carbocycles. The van der Waals surface area contributed by atoms with Crippen molar-refractivity contribution < 1.29 is 9.59 Å². The molecule has 0 saturated heterocycles. The SMILES string of the molecule is C#CCNC(=O)C[C@@H]1C[C@@H](C(C)C)[C@H](CNC(=O)NCC)C=C1C. The van der Waals surface area contributed by atoms with Crippen LogP contribution in [0.15, 0.2) is 11.6 Å². The molecule has 1 rings (SSSR count). The number of hydrogen-bond acceptors (Lipinski definition) is 2. The molecule has 0 aliphatic heterocycles. The zero-order valence-corrected chi connectivity index (χ0v) is 15.3. The fourth-order valence-electron chi connectivity index (χ4n) is 3.39. The molecule has 0 saturated carbocycles. The van der Waals surface area contributed by atoms with Crippen LogP contribution in [-0.2, 0) is 4.79 Å². The molecule has 0 spiro atoms. The fraction of sp³-hybridized carbons (Fsp3) is 0.684. The van der Waals surface area contributed by atoms with Gasteiger partial charge in [-0.05, 0) is 43.9 Å². The summed E-state index contributed by atoms with van der Waals surface area (Å²) in [6.45, 7) is 9.91. The third kappa shape index (κ3) is 6.27. The van der Waals surface area contributed by atoms with Gasteiger partial charge in [0.1, 0.15) is 0 Å². The first-order valence-corrected chi connectivity index (χ1v) is 8.79. The Kier molecular flexibility index (Phi) is 8.39. The Labute approximate surface area is 146 Å². The van der Waals surface area contributed by atoms with E-state index in [1.165, 1.54) is 5.57 Å². The Balaban J connectivity index is 2.72. The van der Waals surface area contributed by atoms with Crippen molar-refractivity contribution in [2.24, 2.45) is 23.7 Å². The second-order valence-corrected chi connectivity index (χ2v) is 6.84. The molecule has 0 bridgehead atoms. The molecule has 0 aromatic carbocycles. The van der Waals surface area contributed by atoms with Crippen LogP contribution in [0.1, 0.15) is 40.5 Å². The Morgan fingerprint density at radius 2 is 2.04 bits per heavy atom. The molecule has 24 heavy (non-hydrogen) atoms. The maximum atomic E-state index is 12.0. The van der Waals surface area contributed by atoms with Crippen molar-refractivity contribution in [3.63, 3.8) is 0 Å². The van der Waals surface area contributed by atoms with Gasteiger partial charge in [-0.25, -0.2) is 4.79 Å². The summed E-state index contributed by atoms with van der Waals surface area (Å²) < 4.78 is 0. The highest BCUT2D eigenvalue weighted by atomic mass is 16.2. The molecule has 3 N–H and O–H groups in total. The quantitative estimate of drug-likeness (QED) is 0.494. The van der Waals surface area contributed by atoms with Crippen molar-refractivity contribution in [1.29, 1.82) is 0 Å². The molecular weight excluding hydrogens is 302 g/mol. The number of carbonyl (C=O) groups is 2.